The molecule has 1 saturated heterocycles. The molecule has 1 aliphatic heterocycles. The summed E-state index contributed by atoms with van der Waals surface area (Å²) in [7, 11) is 0. The van der Waals surface area contributed by atoms with E-state index < -0.39 is 36.1 Å². The van der Waals surface area contributed by atoms with Crippen LogP contribution in [0.4, 0.5) is 0 Å². The van der Waals surface area contributed by atoms with Crippen LogP contribution in [0, 0.1) is 34.5 Å². The van der Waals surface area contributed by atoms with E-state index in [0.717, 1.165) is 18.4 Å². The Morgan fingerprint density at radius 3 is 2.80 bits per heavy atom. The van der Waals surface area contributed by atoms with Crippen LogP contribution in [0.25, 0.3) is 0 Å². The van der Waals surface area contributed by atoms with Crippen molar-refractivity contribution < 1.29 is 29.3 Å². The van der Waals surface area contributed by atoms with Crippen LogP contribution in [0.2, 0.25) is 0 Å². The van der Waals surface area contributed by atoms with Gasteiger partial charge in [-0.1, -0.05) is 37.6 Å². The van der Waals surface area contributed by atoms with Gasteiger partial charge < -0.3 is 25.4 Å². The van der Waals surface area contributed by atoms with Gasteiger partial charge in [0.1, 0.15) is 6.61 Å². The first kappa shape index (κ1) is 23.3. The fourth-order valence-corrected chi connectivity index (χ4v) is 8.76. The SMILES string of the molecule is C[C@]12C=CC(=O)C=C1CC[C@@H]1[C@@H]2[C@@H](O)C[C@@]2(C)[C@H]1C[C@H]1O[C@H](C3C=CC(N)=CC3)O[C@]12C(=O)CO. The molecule has 7 heteroatoms. The Labute approximate surface area is 205 Å². The number of hydrogen-bond donors (Lipinski definition) is 3. The maximum Gasteiger partial charge on any atom is 0.193 e. The van der Waals surface area contributed by atoms with Crippen molar-refractivity contribution in [1.82, 2.24) is 0 Å². The topological polar surface area (TPSA) is 119 Å². The summed E-state index contributed by atoms with van der Waals surface area (Å²) in [6.45, 7) is 3.56. The molecule has 10 atom stereocenters. The summed E-state index contributed by atoms with van der Waals surface area (Å²) in [6, 6.07) is 0. The molecule has 5 aliphatic carbocycles. The van der Waals surface area contributed by atoms with Gasteiger partial charge in [0.25, 0.3) is 0 Å². The van der Waals surface area contributed by atoms with E-state index >= 15 is 0 Å². The van der Waals surface area contributed by atoms with Crippen LogP contribution in [0.1, 0.15) is 46.0 Å². The number of nitrogens with two attached hydrogens (primary N) is 1. The van der Waals surface area contributed by atoms with E-state index in [9.17, 15) is 19.8 Å². The molecule has 1 heterocycles. The van der Waals surface area contributed by atoms with E-state index in [4.69, 9.17) is 15.2 Å². The smallest absolute Gasteiger partial charge is 0.193 e. The molecule has 4 fully saturated rings. The fraction of sp³-hybridized carbons (Fsp3) is 0.643. The molecule has 7 nitrogen and oxygen atoms in total. The van der Waals surface area contributed by atoms with Gasteiger partial charge in [-0.05, 0) is 62.2 Å². The highest BCUT2D eigenvalue weighted by atomic mass is 16.7. The molecule has 0 spiro atoms. The molecule has 4 N–H and O–H groups in total. The van der Waals surface area contributed by atoms with Gasteiger partial charge in [-0.25, -0.2) is 0 Å². The zero-order valence-corrected chi connectivity index (χ0v) is 20.4. The van der Waals surface area contributed by atoms with Gasteiger partial charge in [0.2, 0.25) is 0 Å². The van der Waals surface area contributed by atoms with E-state index in [0.29, 0.717) is 25.0 Å². The summed E-state index contributed by atoms with van der Waals surface area (Å²) in [4.78, 5) is 25.6. The maximum absolute atomic E-state index is 13.5. The third-order valence-electron chi connectivity index (χ3n) is 10.3. The van der Waals surface area contributed by atoms with Crippen molar-refractivity contribution in [2.45, 2.75) is 70.1 Å². The van der Waals surface area contributed by atoms with E-state index in [1.807, 2.05) is 24.3 Å². The lowest BCUT2D eigenvalue weighted by Gasteiger charge is -2.59. The molecule has 0 radical (unpaired) electrons. The zero-order chi connectivity index (χ0) is 24.8. The minimum atomic E-state index is -1.29. The predicted octanol–water partition coefficient (Wildman–Crippen LogP) is 2.34. The Hall–Kier alpha value is -2.06. The highest BCUT2D eigenvalue weighted by Crippen LogP contribution is 2.69. The number of rotatable bonds is 3. The second kappa shape index (κ2) is 7.72. The van der Waals surface area contributed by atoms with Crippen LogP contribution in [-0.4, -0.2) is 52.5 Å². The van der Waals surface area contributed by atoms with Crippen LogP contribution in [0.5, 0.6) is 0 Å². The average molecular weight is 482 g/mol. The Balaban J connectivity index is 1.37. The number of carbonyl (C=O) groups excluding carboxylic acids is 2. The van der Waals surface area contributed by atoms with Gasteiger partial charge in [0.15, 0.2) is 23.5 Å². The number of aliphatic hydroxyl groups excluding tert-OH is 2. The monoisotopic (exact) mass is 481 g/mol. The first-order chi connectivity index (χ1) is 16.6. The number of hydrogen-bond acceptors (Lipinski definition) is 7. The highest BCUT2D eigenvalue weighted by Gasteiger charge is 2.76. The molecule has 0 aromatic carbocycles. The number of fused-ring (bicyclic) bond motifs is 7. The summed E-state index contributed by atoms with van der Waals surface area (Å²) in [6.07, 6.45) is 12.7. The normalized spacial score (nSPS) is 50.1. The van der Waals surface area contributed by atoms with Crippen LogP contribution < -0.4 is 5.73 Å². The largest absolute Gasteiger partial charge is 0.399 e. The first-order valence-electron chi connectivity index (χ1n) is 12.9. The van der Waals surface area contributed by atoms with Gasteiger partial charge in [0, 0.05) is 28.4 Å². The summed E-state index contributed by atoms with van der Waals surface area (Å²) < 4.78 is 13.1. The average Bonchev–Trinajstić information content (AvgIpc) is 3.32. The molecule has 0 aromatic rings. The van der Waals surface area contributed by atoms with E-state index in [1.165, 1.54) is 0 Å². The molecule has 3 saturated carbocycles. The van der Waals surface area contributed by atoms with Gasteiger partial charge >= 0.3 is 0 Å². The Morgan fingerprint density at radius 1 is 1.29 bits per heavy atom. The zero-order valence-electron chi connectivity index (χ0n) is 20.4. The first-order valence-corrected chi connectivity index (χ1v) is 12.9. The summed E-state index contributed by atoms with van der Waals surface area (Å²) in [5.74, 6) is -0.211. The maximum atomic E-state index is 13.5. The number of aliphatic hydroxyl groups is 2. The second-order valence-electron chi connectivity index (χ2n) is 11.8. The Kier molecular flexibility index (Phi) is 5.15. The molecule has 6 rings (SSSR count). The fourth-order valence-electron chi connectivity index (χ4n) is 8.76. The predicted molar refractivity (Wildman–Crippen MR) is 127 cm³/mol. The number of Topliss-reactive ketones (excluding diaryl/α,β-unsaturated/α-hetero) is 1. The summed E-state index contributed by atoms with van der Waals surface area (Å²) in [5.41, 5.74) is 5.33. The third kappa shape index (κ3) is 2.98. The number of ether oxygens (including phenoxy) is 2. The quantitative estimate of drug-likeness (QED) is 0.566. The molecule has 6 aliphatic rings. The van der Waals surface area contributed by atoms with Crippen molar-refractivity contribution in [3.8, 4) is 0 Å². The highest BCUT2D eigenvalue weighted by molar-refractivity contribution is 6.01. The Bertz CT molecular complexity index is 1090. The summed E-state index contributed by atoms with van der Waals surface area (Å²) >= 11 is 0. The van der Waals surface area contributed by atoms with E-state index in [2.05, 4.69) is 13.8 Å². The van der Waals surface area contributed by atoms with Crippen LogP contribution in [-0.2, 0) is 19.1 Å². The lowest BCUT2D eigenvalue weighted by Crippen LogP contribution is -2.63. The molecule has 188 valence electrons. The van der Waals surface area contributed by atoms with Crippen molar-refractivity contribution in [2.75, 3.05) is 6.61 Å². The number of carbonyl (C=O) groups is 2. The van der Waals surface area contributed by atoms with Crippen molar-refractivity contribution in [1.29, 1.82) is 0 Å². The molecule has 1 unspecified atom stereocenters. The van der Waals surface area contributed by atoms with Crippen LogP contribution in [0.15, 0.2) is 47.7 Å². The molecule has 0 aromatic heterocycles. The lowest BCUT2D eigenvalue weighted by molar-refractivity contribution is -0.205. The lowest BCUT2D eigenvalue weighted by atomic mass is 9.46. The van der Waals surface area contributed by atoms with Gasteiger partial charge in [-0.3, -0.25) is 9.59 Å². The Morgan fingerprint density at radius 2 is 2.09 bits per heavy atom. The molecule has 35 heavy (non-hydrogen) atoms. The van der Waals surface area contributed by atoms with Crippen molar-refractivity contribution >= 4 is 11.6 Å². The molecular formula is C28H35NO6. The van der Waals surface area contributed by atoms with E-state index in [-0.39, 0.29) is 40.7 Å². The molecule has 0 amide bonds. The second-order valence-corrected chi connectivity index (χ2v) is 11.8. The number of allylic oxidation sites excluding steroid dienone is 6. The van der Waals surface area contributed by atoms with E-state index in [1.54, 1.807) is 12.2 Å². The van der Waals surface area contributed by atoms with Crippen molar-refractivity contribution in [2.24, 2.45) is 40.2 Å². The summed E-state index contributed by atoms with van der Waals surface area (Å²) in [5, 5.41) is 21.7. The molecule has 0 bridgehead atoms. The van der Waals surface area contributed by atoms with Crippen molar-refractivity contribution in [3.05, 3.63) is 47.7 Å². The minimum Gasteiger partial charge on any atom is -0.399 e. The number of ketones is 2. The molecular weight excluding hydrogens is 446 g/mol. The van der Waals surface area contributed by atoms with Gasteiger partial charge in [-0.2, -0.15) is 0 Å². The van der Waals surface area contributed by atoms with Gasteiger partial charge in [-0.15, -0.1) is 0 Å². The standard InChI is InChI=1S/C28H35NO6/c1-26-10-9-18(31)11-16(26)5-8-19-20-12-23-28(22(33)14-30,27(20,2)13-21(32)24(19)26)35-25(34-23)15-3-6-17(29)7-4-15/h3,6-7,9-11,15,19-21,23-25,30,32H,4-5,8,12-14,29H2,1-2H3/t15?,19-,20-,21-,23+,24+,25-,26-,27-,28+/m0/s1. The van der Waals surface area contributed by atoms with Crippen LogP contribution >= 0.6 is 0 Å². The van der Waals surface area contributed by atoms with Crippen molar-refractivity contribution in [3.63, 3.8) is 0 Å². The van der Waals surface area contributed by atoms with Crippen LogP contribution in [0.3, 0.4) is 0 Å². The minimum absolute atomic E-state index is 0.00941. The third-order valence-corrected chi connectivity index (χ3v) is 10.3. The van der Waals surface area contributed by atoms with Gasteiger partial charge in [0.05, 0.1) is 12.2 Å².